The minimum Gasteiger partial charge on any atom is -0.481 e. The number of aliphatic carboxylic acids is 1. The average molecular weight is 400 g/mol. The maximum Gasteiger partial charge on any atom is 0.310 e. The van der Waals surface area contributed by atoms with Crippen LogP contribution in [0.5, 0.6) is 0 Å². The highest BCUT2D eigenvalue weighted by molar-refractivity contribution is 7.16. The van der Waals surface area contributed by atoms with Gasteiger partial charge in [-0.05, 0) is 24.5 Å². The standard InChI is InChI=1S/C20H20N2O5S/c21-17(23)12-9-11(8-10-4-2-1-3-5-10)28-19(12)22-18(24)15-13-6-7-14(27-13)16(15)20(25)26/h1-5,9,13-16H,6-8H2,(H2,21,23)(H,22,24)(H,25,26)/t13-,14-,15+,16-/m1/s1. The number of benzene rings is 1. The number of anilines is 1. The molecule has 4 rings (SSSR count). The van der Waals surface area contributed by atoms with Crippen LogP contribution in [0, 0.1) is 11.8 Å². The first-order valence-electron chi connectivity index (χ1n) is 9.09. The molecule has 2 aliphatic heterocycles. The second-order valence-corrected chi connectivity index (χ2v) is 8.29. The molecule has 7 nitrogen and oxygen atoms in total. The lowest BCUT2D eigenvalue weighted by Gasteiger charge is -2.23. The van der Waals surface area contributed by atoms with Gasteiger partial charge in [-0.2, -0.15) is 0 Å². The molecular weight excluding hydrogens is 380 g/mol. The fraction of sp³-hybridized carbons (Fsp3) is 0.350. The highest BCUT2D eigenvalue weighted by Gasteiger charge is 2.55. The molecule has 0 saturated carbocycles. The van der Waals surface area contributed by atoms with Crippen molar-refractivity contribution in [2.45, 2.75) is 31.5 Å². The molecule has 3 heterocycles. The van der Waals surface area contributed by atoms with Gasteiger partial charge in [0.15, 0.2) is 0 Å². The summed E-state index contributed by atoms with van der Waals surface area (Å²) < 4.78 is 5.65. The number of nitrogens with two attached hydrogens (primary N) is 1. The third-order valence-corrected chi connectivity index (χ3v) is 6.42. The van der Waals surface area contributed by atoms with Crippen LogP contribution >= 0.6 is 11.3 Å². The van der Waals surface area contributed by atoms with Crippen molar-refractivity contribution >= 4 is 34.1 Å². The summed E-state index contributed by atoms with van der Waals surface area (Å²) in [5, 5.41) is 12.6. The molecule has 2 aliphatic rings. The molecule has 2 amide bonds. The van der Waals surface area contributed by atoms with Crippen molar-refractivity contribution in [3.05, 3.63) is 52.4 Å². The predicted molar refractivity (Wildman–Crippen MR) is 103 cm³/mol. The van der Waals surface area contributed by atoms with E-state index in [2.05, 4.69) is 5.32 Å². The van der Waals surface area contributed by atoms with Crippen molar-refractivity contribution in [2.75, 3.05) is 5.32 Å². The number of carboxylic acid groups (broad SMARTS) is 1. The second kappa shape index (κ2) is 7.37. The third kappa shape index (κ3) is 3.41. The summed E-state index contributed by atoms with van der Waals surface area (Å²) in [7, 11) is 0. The lowest BCUT2D eigenvalue weighted by Crippen LogP contribution is -2.41. The van der Waals surface area contributed by atoms with Gasteiger partial charge < -0.3 is 20.9 Å². The predicted octanol–water partition coefficient (Wildman–Crippen LogP) is 2.25. The van der Waals surface area contributed by atoms with Crippen LogP contribution in [0.2, 0.25) is 0 Å². The topological polar surface area (TPSA) is 119 Å². The SMILES string of the molecule is NC(=O)c1cc(Cc2ccccc2)sc1NC(=O)[C@@H]1[C@H](C(=O)O)[C@H]2CC[C@H]1O2. The van der Waals surface area contributed by atoms with Crippen LogP contribution in [0.15, 0.2) is 36.4 Å². The molecule has 8 heteroatoms. The smallest absolute Gasteiger partial charge is 0.310 e. The Morgan fingerprint density at radius 3 is 2.46 bits per heavy atom. The molecule has 2 fully saturated rings. The molecule has 0 spiro atoms. The number of nitrogens with one attached hydrogen (secondary N) is 1. The van der Waals surface area contributed by atoms with Crippen molar-refractivity contribution in [1.82, 2.24) is 0 Å². The summed E-state index contributed by atoms with van der Waals surface area (Å²) in [6, 6.07) is 11.4. The Morgan fingerprint density at radius 2 is 1.82 bits per heavy atom. The van der Waals surface area contributed by atoms with Gasteiger partial charge in [0.25, 0.3) is 5.91 Å². The molecule has 2 bridgehead atoms. The molecule has 4 atom stereocenters. The van der Waals surface area contributed by atoms with Crippen LogP contribution in [-0.4, -0.2) is 35.1 Å². The lowest BCUT2D eigenvalue weighted by atomic mass is 9.79. The van der Waals surface area contributed by atoms with E-state index in [0.717, 1.165) is 10.4 Å². The summed E-state index contributed by atoms with van der Waals surface area (Å²) in [6.45, 7) is 0. The van der Waals surface area contributed by atoms with Gasteiger partial charge in [-0.25, -0.2) is 0 Å². The Labute approximate surface area is 165 Å². The van der Waals surface area contributed by atoms with Gasteiger partial charge >= 0.3 is 5.97 Å². The van der Waals surface area contributed by atoms with E-state index in [0.29, 0.717) is 24.3 Å². The maximum absolute atomic E-state index is 12.9. The van der Waals surface area contributed by atoms with E-state index in [9.17, 15) is 19.5 Å². The molecule has 1 aromatic carbocycles. The molecule has 28 heavy (non-hydrogen) atoms. The van der Waals surface area contributed by atoms with Gasteiger partial charge in [-0.15, -0.1) is 11.3 Å². The number of carbonyl (C=O) groups excluding carboxylic acids is 2. The monoisotopic (exact) mass is 400 g/mol. The van der Waals surface area contributed by atoms with Gasteiger partial charge in [0.1, 0.15) is 5.00 Å². The number of rotatable bonds is 6. The third-order valence-electron chi connectivity index (χ3n) is 5.37. The lowest BCUT2D eigenvalue weighted by molar-refractivity contribution is -0.147. The number of thiophene rings is 1. The summed E-state index contributed by atoms with van der Waals surface area (Å²) in [5.41, 5.74) is 6.79. The van der Waals surface area contributed by atoms with E-state index in [1.807, 2.05) is 30.3 Å². The molecule has 0 aliphatic carbocycles. The zero-order valence-corrected chi connectivity index (χ0v) is 15.8. The molecule has 2 saturated heterocycles. The van der Waals surface area contributed by atoms with E-state index in [4.69, 9.17) is 10.5 Å². The van der Waals surface area contributed by atoms with Crippen LogP contribution in [0.1, 0.15) is 33.6 Å². The number of hydrogen-bond donors (Lipinski definition) is 3. The van der Waals surface area contributed by atoms with Crippen LogP contribution in [0.4, 0.5) is 5.00 Å². The fourth-order valence-electron chi connectivity index (χ4n) is 4.12. The Balaban J connectivity index is 1.56. The maximum atomic E-state index is 12.9. The number of carbonyl (C=O) groups is 3. The first-order chi connectivity index (χ1) is 13.4. The highest BCUT2D eigenvalue weighted by atomic mass is 32.1. The Bertz CT molecular complexity index is 926. The molecule has 1 aromatic heterocycles. The quantitative estimate of drug-likeness (QED) is 0.687. The van der Waals surface area contributed by atoms with Gasteiger partial charge in [-0.3, -0.25) is 14.4 Å². The summed E-state index contributed by atoms with van der Waals surface area (Å²) in [4.78, 5) is 37.2. The van der Waals surface area contributed by atoms with E-state index in [-0.39, 0.29) is 5.56 Å². The van der Waals surface area contributed by atoms with E-state index in [1.165, 1.54) is 11.3 Å². The average Bonchev–Trinajstić information content (AvgIpc) is 3.36. The zero-order valence-electron chi connectivity index (χ0n) is 15.0. The van der Waals surface area contributed by atoms with Gasteiger partial charge in [0.2, 0.25) is 5.91 Å². The van der Waals surface area contributed by atoms with Crippen molar-refractivity contribution in [2.24, 2.45) is 17.6 Å². The first kappa shape index (κ1) is 18.6. The van der Waals surface area contributed by atoms with E-state index < -0.39 is 41.8 Å². The second-order valence-electron chi connectivity index (χ2n) is 7.15. The Morgan fingerprint density at radius 1 is 1.14 bits per heavy atom. The molecular formula is C20H20N2O5S. The fourth-order valence-corrected chi connectivity index (χ4v) is 5.22. The van der Waals surface area contributed by atoms with Crippen LogP contribution in [-0.2, 0) is 20.7 Å². The number of ether oxygens (including phenoxy) is 1. The van der Waals surface area contributed by atoms with Crippen molar-refractivity contribution in [3.63, 3.8) is 0 Å². The van der Waals surface area contributed by atoms with Gasteiger partial charge in [0.05, 0.1) is 29.6 Å². The number of carboxylic acids is 1. The Hall–Kier alpha value is -2.71. The first-order valence-corrected chi connectivity index (χ1v) is 9.91. The normalized spacial score (nSPS) is 25.6. The van der Waals surface area contributed by atoms with Crippen molar-refractivity contribution in [1.29, 1.82) is 0 Å². The number of fused-ring (bicyclic) bond motifs is 2. The van der Waals surface area contributed by atoms with Crippen molar-refractivity contribution in [3.8, 4) is 0 Å². The van der Waals surface area contributed by atoms with Crippen molar-refractivity contribution < 1.29 is 24.2 Å². The minimum atomic E-state index is -1.03. The summed E-state index contributed by atoms with van der Waals surface area (Å²) in [6.07, 6.45) is 1.10. The molecule has 146 valence electrons. The van der Waals surface area contributed by atoms with Crippen LogP contribution in [0.3, 0.4) is 0 Å². The number of amides is 2. The largest absolute Gasteiger partial charge is 0.481 e. The zero-order chi connectivity index (χ0) is 19.8. The van der Waals surface area contributed by atoms with Crippen LogP contribution in [0.25, 0.3) is 0 Å². The summed E-state index contributed by atoms with van der Waals surface area (Å²) in [5.74, 6) is -3.73. The van der Waals surface area contributed by atoms with Gasteiger partial charge in [0, 0.05) is 11.3 Å². The number of primary amides is 1. The minimum absolute atomic E-state index is 0.236. The Kier molecular flexibility index (Phi) is 4.91. The highest BCUT2D eigenvalue weighted by Crippen LogP contribution is 2.44. The molecule has 2 aromatic rings. The molecule has 0 unspecified atom stereocenters. The summed E-state index contributed by atoms with van der Waals surface area (Å²) >= 11 is 1.28. The van der Waals surface area contributed by atoms with E-state index in [1.54, 1.807) is 6.07 Å². The number of hydrogen-bond acceptors (Lipinski definition) is 5. The molecule has 0 radical (unpaired) electrons. The van der Waals surface area contributed by atoms with E-state index >= 15 is 0 Å². The molecule has 4 N–H and O–H groups in total. The van der Waals surface area contributed by atoms with Crippen LogP contribution < -0.4 is 11.1 Å². The van der Waals surface area contributed by atoms with Gasteiger partial charge in [-0.1, -0.05) is 30.3 Å².